The quantitative estimate of drug-likeness (QED) is 0.497. The second kappa shape index (κ2) is 3.54. The van der Waals surface area contributed by atoms with Gasteiger partial charge in [0.15, 0.2) is 9.76 Å². The minimum Gasteiger partial charge on any atom is -0.316 e. The van der Waals surface area contributed by atoms with Gasteiger partial charge >= 0.3 is 15.6 Å². The van der Waals surface area contributed by atoms with Gasteiger partial charge in [0.2, 0.25) is 0 Å². The van der Waals surface area contributed by atoms with Crippen molar-refractivity contribution in [3.8, 4) is 0 Å². The first-order valence-electron chi connectivity index (χ1n) is 2.77. The highest BCUT2D eigenvalue weighted by atomic mass is 32.2. The van der Waals surface area contributed by atoms with E-state index in [0.29, 0.717) is 6.04 Å². The smallest absolute Gasteiger partial charge is 0.316 e. The lowest BCUT2D eigenvalue weighted by molar-refractivity contribution is -0.0499. The lowest BCUT2D eigenvalue weighted by atomic mass is 11.0. The summed E-state index contributed by atoms with van der Waals surface area (Å²) in [5, 5.41) is 0. The zero-order valence-electron chi connectivity index (χ0n) is 5.68. The molecule has 0 spiro atoms. The van der Waals surface area contributed by atoms with Crippen LogP contribution in [0.25, 0.3) is 0 Å². The van der Waals surface area contributed by atoms with E-state index in [4.69, 9.17) is 0 Å². The molecule has 0 aliphatic carbocycles. The van der Waals surface area contributed by atoms with Crippen LogP contribution in [0.2, 0.25) is 6.04 Å². The fourth-order valence-electron chi connectivity index (χ4n) is 0.260. The van der Waals surface area contributed by atoms with Gasteiger partial charge < -0.3 is 3.87 Å². The van der Waals surface area contributed by atoms with Crippen molar-refractivity contribution in [3.63, 3.8) is 0 Å². The molecule has 0 aliphatic rings. The molecule has 3 nitrogen and oxygen atoms in total. The maximum absolute atomic E-state index is 11.5. The van der Waals surface area contributed by atoms with Crippen LogP contribution in [0.4, 0.5) is 13.2 Å². The average Bonchev–Trinajstić information content (AvgIpc) is 1.81. The summed E-state index contributed by atoms with van der Waals surface area (Å²) >= 11 is 0. The molecule has 0 rings (SSSR count). The Morgan fingerprint density at radius 1 is 1.45 bits per heavy atom. The van der Waals surface area contributed by atoms with E-state index in [1.165, 1.54) is 0 Å². The van der Waals surface area contributed by atoms with E-state index in [2.05, 4.69) is 3.87 Å². The molecule has 0 saturated carbocycles. The predicted molar refractivity (Wildman–Crippen MR) is 35.1 cm³/mol. The molecule has 0 N–H and O–H groups in total. The van der Waals surface area contributed by atoms with Gasteiger partial charge in [-0.3, -0.25) is 0 Å². The van der Waals surface area contributed by atoms with Crippen molar-refractivity contribution in [2.24, 2.45) is 0 Å². The summed E-state index contributed by atoms with van der Waals surface area (Å²) in [6.07, 6.45) is 0. The van der Waals surface area contributed by atoms with E-state index < -0.39 is 25.4 Å². The highest BCUT2D eigenvalue weighted by Crippen LogP contribution is 2.24. The molecule has 0 aromatic rings. The van der Waals surface area contributed by atoms with Crippen molar-refractivity contribution in [1.82, 2.24) is 0 Å². The summed E-state index contributed by atoms with van der Waals surface area (Å²) in [7, 11) is -6.87. The second-order valence-electron chi connectivity index (χ2n) is 1.72. The van der Waals surface area contributed by atoms with E-state index in [-0.39, 0.29) is 0 Å². The Labute approximate surface area is 64.6 Å². The van der Waals surface area contributed by atoms with Gasteiger partial charge in [-0.05, 0) is 6.04 Å². The van der Waals surface area contributed by atoms with Crippen LogP contribution < -0.4 is 0 Å². The number of rotatable bonds is 3. The van der Waals surface area contributed by atoms with Crippen LogP contribution in [0, 0.1) is 0 Å². The molecule has 11 heavy (non-hydrogen) atoms. The SMILES string of the molecule is CC[SiH2]OS(=O)(=O)C(F)(F)F. The fourth-order valence-corrected chi connectivity index (χ4v) is 2.34. The molecular formula is C3H7F3O3SSi. The summed E-state index contributed by atoms with van der Waals surface area (Å²) in [5.41, 5.74) is -5.27. The summed E-state index contributed by atoms with van der Waals surface area (Å²) in [6.45, 7) is 1.57. The third kappa shape index (κ3) is 3.21. The third-order valence-corrected chi connectivity index (χ3v) is 3.61. The van der Waals surface area contributed by atoms with Crippen LogP contribution in [0.3, 0.4) is 0 Å². The maximum Gasteiger partial charge on any atom is 0.522 e. The molecule has 0 amide bonds. The molecule has 0 fully saturated rings. The van der Waals surface area contributed by atoms with Crippen molar-refractivity contribution in [3.05, 3.63) is 0 Å². The number of alkyl halides is 3. The van der Waals surface area contributed by atoms with Crippen molar-refractivity contribution >= 4 is 19.9 Å². The molecular weight excluding hydrogens is 201 g/mol. The summed E-state index contributed by atoms with van der Waals surface area (Å²) in [4.78, 5) is 0. The molecule has 0 radical (unpaired) electrons. The minimum absolute atomic E-state index is 0.356. The van der Waals surface area contributed by atoms with Crippen LogP contribution in [-0.2, 0) is 14.0 Å². The Kier molecular flexibility index (Phi) is 3.52. The summed E-state index contributed by atoms with van der Waals surface area (Å²) < 4.78 is 58.3. The zero-order chi connectivity index (χ0) is 9.12. The Bertz CT molecular complexity index is 208. The van der Waals surface area contributed by atoms with Gasteiger partial charge in [0.25, 0.3) is 0 Å². The Hall–Kier alpha value is -0.0831. The van der Waals surface area contributed by atoms with Gasteiger partial charge in [0.1, 0.15) is 0 Å². The van der Waals surface area contributed by atoms with Crippen molar-refractivity contribution in [2.75, 3.05) is 0 Å². The van der Waals surface area contributed by atoms with E-state index in [1.54, 1.807) is 6.92 Å². The number of halogens is 3. The molecule has 8 heteroatoms. The van der Waals surface area contributed by atoms with Gasteiger partial charge in [-0.15, -0.1) is 0 Å². The Morgan fingerprint density at radius 3 is 2.18 bits per heavy atom. The minimum atomic E-state index is -5.30. The zero-order valence-corrected chi connectivity index (χ0v) is 7.91. The van der Waals surface area contributed by atoms with E-state index in [9.17, 15) is 21.6 Å². The fraction of sp³-hybridized carbons (Fsp3) is 1.00. The van der Waals surface area contributed by atoms with Crippen molar-refractivity contribution in [2.45, 2.75) is 18.5 Å². The van der Waals surface area contributed by atoms with E-state index >= 15 is 0 Å². The molecule has 0 aromatic heterocycles. The lowest BCUT2D eigenvalue weighted by Gasteiger charge is -2.06. The number of hydrogen-bond acceptors (Lipinski definition) is 3. The van der Waals surface area contributed by atoms with Crippen LogP contribution in [0.5, 0.6) is 0 Å². The molecule has 0 aliphatic heterocycles. The molecule has 0 atom stereocenters. The predicted octanol–water partition coefficient (Wildman–Crippen LogP) is 0.375. The van der Waals surface area contributed by atoms with Gasteiger partial charge in [0.05, 0.1) is 0 Å². The van der Waals surface area contributed by atoms with Crippen LogP contribution in [0.1, 0.15) is 6.92 Å². The van der Waals surface area contributed by atoms with Crippen LogP contribution in [-0.4, -0.2) is 23.7 Å². The van der Waals surface area contributed by atoms with Gasteiger partial charge in [-0.2, -0.15) is 21.6 Å². The van der Waals surface area contributed by atoms with Gasteiger partial charge in [-0.1, -0.05) is 6.92 Å². The number of hydrogen-bond donors (Lipinski definition) is 0. The first-order valence-corrected chi connectivity index (χ1v) is 5.75. The molecule has 68 valence electrons. The van der Waals surface area contributed by atoms with Gasteiger partial charge in [-0.25, -0.2) is 0 Å². The Balaban J connectivity index is 4.26. The second-order valence-corrected chi connectivity index (χ2v) is 5.44. The summed E-state index contributed by atoms with van der Waals surface area (Å²) in [5.74, 6) is 0. The standard InChI is InChI=1S/C3H7F3O3SSi/c1-2-11-9-10(7,8)3(4,5)6/h2,11H2,1H3. The van der Waals surface area contributed by atoms with E-state index in [1.807, 2.05) is 0 Å². The first kappa shape index (κ1) is 10.9. The normalized spacial score (nSPS) is 14.5. The molecule has 0 unspecified atom stereocenters. The highest BCUT2D eigenvalue weighted by Gasteiger charge is 2.46. The molecule has 0 aromatic carbocycles. The maximum atomic E-state index is 11.5. The van der Waals surface area contributed by atoms with Gasteiger partial charge in [0, 0.05) is 0 Å². The highest BCUT2D eigenvalue weighted by molar-refractivity contribution is 7.88. The molecule has 0 bridgehead atoms. The first-order chi connectivity index (χ1) is 4.81. The Morgan fingerprint density at radius 2 is 1.91 bits per heavy atom. The monoisotopic (exact) mass is 208 g/mol. The molecule has 0 saturated heterocycles. The topological polar surface area (TPSA) is 43.4 Å². The third-order valence-electron chi connectivity index (χ3n) is 0.726. The van der Waals surface area contributed by atoms with Crippen molar-refractivity contribution in [1.29, 1.82) is 0 Å². The van der Waals surface area contributed by atoms with Crippen LogP contribution in [0.15, 0.2) is 0 Å². The molecule has 0 heterocycles. The van der Waals surface area contributed by atoms with E-state index in [0.717, 1.165) is 0 Å². The average molecular weight is 208 g/mol. The van der Waals surface area contributed by atoms with Crippen molar-refractivity contribution < 1.29 is 25.5 Å². The summed E-state index contributed by atoms with van der Waals surface area (Å²) in [6, 6.07) is 0.356. The van der Waals surface area contributed by atoms with Crippen LogP contribution >= 0.6 is 0 Å². The lowest BCUT2D eigenvalue weighted by Crippen LogP contribution is -2.26. The largest absolute Gasteiger partial charge is 0.522 e.